The third-order valence-electron chi connectivity index (χ3n) is 3.53. The van der Waals surface area contributed by atoms with Crippen LogP contribution in [-0.4, -0.2) is 43.6 Å². The van der Waals surface area contributed by atoms with Gasteiger partial charge in [-0.1, -0.05) is 30.3 Å². The molecule has 1 aliphatic rings. The summed E-state index contributed by atoms with van der Waals surface area (Å²) in [6, 6.07) is 9.81. The lowest BCUT2D eigenvalue weighted by atomic mass is 10.2. The first-order valence-corrected chi connectivity index (χ1v) is 7.47. The highest BCUT2D eigenvalue weighted by Crippen LogP contribution is 2.04. The van der Waals surface area contributed by atoms with Gasteiger partial charge in [-0.05, 0) is 38.0 Å². The molecule has 1 aromatic rings. The van der Waals surface area contributed by atoms with Crippen LogP contribution in [0.3, 0.4) is 0 Å². The summed E-state index contributed by atoms with van der Waals surface area (Å²) >= 11 is 0. The van der Waals surface area contributed by atoms with Crippen molar-refractivity contribution in [3.05, 3.63) is 35.9 Å². The summed E-state index contributed by atoms with van der Waals surface area (Å²) in [5.41, 5.74) is 1.04. The maximum Gasteiger partial charge on any atom is 0.306 e. The molecule has 1 aliphatic heterocycles. The second-order valence-corrected chi connectivity index (χ2v) is 5.20. The first kappa shape index (κ1) is 15.0. The van der Waals surface area contributed by atoms with E-state index in [-0.39, 0.29) is 5.97 Å². The van der Waals surface area contributed by atoms with Crippen molar-refractivity contribution in [3.63, 3.8) is 0 Å². The quantitative estimate of drug-likeness (QED) is 0.805. The fraction of sp³-hybridized carbons (Fsp3) is 0.562. The van der Waals surface area contributed by atoms with Crippen LogP contribution in [0.2, 0.25) is 0 Å². The van der Waals surface area contributed by atoms with Crippen LogP contribution < -0.4 is 5.32 Å². The Morgan fingerprint density at radius 2 is 2.05 bits per heavy atom. The first-order valence-electron chi connectivity index (χ1n) is 7.47. The van der Waals surface area contributed by atoms with Crippen LogP contribution in [0.15, 0.2) is 30.3 Å². The van der Waals surface area contributed by atoms with Crippen LogP contribution >= 0.6 is 0 Å². The number of nitrogens with zero attached hydrogens (tertiary/aromatic N) is 1. The number of hydrogen-bond donors (Lipinski definition) is 1. The molecule has 1 N–H and O–H groups in total. The van der Waals surface area contributed by atoms with E-state index in [1.165, 1.54) is 6.42 Å². The predicted molar refractivity (Wildman–Crippen MR) is 79.4 cm³/mol. The number of ether oxygens (including phenoxy) is 1. The lowest BCUT2D eigenvalue weighted by Gasteiger charge is -2.18. The Morgan fingerprint density at radius 1 is 1.20 bits per heavy atom. The summed E-state index contributed by atoms with van der Waals surface area (Å²) in [6.45, 7) is 5.74. The topological polar surface area (TPSA) is 41.6 Å². The highest BCUT2D eigenvalue weighted by molar-refractivity contribution is 5.69. The number of rotatable bonds is 6. The van der Waals surface area contributed by atoms with Gasteiger partial charge in [0.25, 0.3) is 0 Å². The molecule has 110 valence electrons. The molecule has 1 heterocycles. The molecule has 1 fully saturated rings. The Morgan fingerprint density at radius 3 is 2.90 bits per heavy atom. The summed E-state index contributed by atoms with van der Waals surface area (Å²) in [5.74, 6) is -0.0956. The van der Waals surface area contributed by atoms with E-state index in [4.69, 9.17) is 4.74 Å². The lowest BCUT2D eigenvalue weighted by molar-refractivity contribution is -0.145. The smallest absolute Gasteiger partial charge is 0.306 e. The number of benzene rings is 1. The molecule has 4 heteroatoms. The average Bonchev–Trinajstić information content (AvgIpc) is 2.75. The van der Waals surface area contributed by atoms with E-state index in [1.54, 1.807) is 0 Å². The van der Waals surface area contributed by atoms with Crippen LogP contribution in [0.4, 0.5) is 0 Å². The maximum absolute atomic E-state index is 11.7. The number of esters is 1. The van der Waals surface area contributed by atoms with E-state index in [1.807, 2.05) is 30.3 Å². The second-order valence-electron chi connectivity index (χ2n) is 5.20. The largest absolute Gasteiger partial charge is 0.461 e. The summed E-state index contributed by atoms with van der Waals surface area (Å²) in [6.07, 6.45) is 2.59. The highest BCUT2D eigenvalue weighted by atomic mass is 16.5. The van der Waals surface area contributed by atoms with Gasteiger partial charge < -0.3 is 15.0 Å². The molecule has 0 spiro atoms. The van der Waals surface area contributed by atoms with Crippen molar-refractivity contribution >= 4 is 5.97 Å². The summed E-state index contributed by atoms with van der Waals surface area (Å²) in [5, 5.41) is 3.38. The van der Waals surface area contributed by atoms with Crippen molar-refractivity contribution in [2.45, 2.75) is 25.9 Å². The van der Waals surface area contributed by atoms with E-state index in [9.17, 15) is 4.79 Å². The van der Waals surface area contributed by atoms with Crippen molar-refractivity contribution in [1.29, 1.82) is 0 Å². The minimum absolute atomic E-state index is 0.0956. The fourth-order valence-electron chi connectivity index (χ4n) is 2.38. The normalized spacial score (nSPS) is 16.6. The molecule has 2 rings (SSSR count). The summed E-state index contributed by atoms with van der Waals surface area (Å²) in [7, 11) is 0. The Hall–Kier alpha value is -1.39. The van der Waals surface area contributed by atoms with Crippen molar-refractivity contribution in [1.82, 2.24) is 10.2 Å². The van der Waals surface area contributed by atoms with Crippen LogP contribution in [0.5, 0.6) is 0 Å². The van der Waals surface area contributed by atoms with Crippen LogP contribution in [0.25, 0.3) is 0 Å². The number of nitrogens with one attached hydrogen (secondary N) is 1. The molecule has 1 aromatic carbocycles. The number of carbonyl (C=O) groups is 1. The van der Waals surface area contributed by atoms with Gasteiger partial charge in [-0.15, -0.1) is 0 Å². The van der Waals surface area contributed by atoms with Gasteiger partial charge in [0, 0.05) is 19.5 Å². The highest BCUT2D eigenvalue weighted by Gasteiger charge is 2.09. The molecule has 20 heavy (non-hydrogen) atoms. The average molecular weight is 276 g/mol. The Kier molecular flexibility index (Phi) is 6.54. The minimum atomic E-state index is -0.0956. The molecule has 4 nitrogen and oxygen atoms in total. The van der Waals surface area contributed by atoms with E-state index < -0.39 is 0 Å². The molecule has 0 radical (unpaired) electrons. The Balaban J connectivity index is 1.58. The second kappa shape index (κ2) is 8.72. The van der Waals surface area contributed by atoms with Crippen molar-refractivity contribution in [2.24, 2.45) is 0 Å². The molecular weight excluding hydrogens is 252 g/mol. The molecule has 0 aliphatic carbocycles. The van der Waals surface area contributed by atoms with Crippen molar-refractivity contribution in [2.75, 3.05) is 32.7 Å². The minimum Gasteiger partial charge on any atom is -0.461 e. The van der Waals surface area contributed by atoms with Gasteiger partial charge in [0.1, 0.15) is 6.61 Å². The van der Waals surface area contributed by atoms with Gasteiger partial charge in [0.05, 0.1) is 0 Å². The monoisotopic (exact) mass is 276 g/mol. The lowest BCUT2D eigenvalue weighted by Crippen LogP contribution is -2.29. The zero-order chi connectivity index (χ0) is 14.0. The molecule has 0 saturated carbocycles. The summed E-state index contributed by atoms with van der Waals surface area (Å²) in [4.78, 5) is 14.1. The van der Waals surface area contributed by atoms with E-state index >= 15 is 0 Å². The van der Waals surface area contributed by atoms with E-state index in [2.05, 4.69) is 10.2 Å². The van der Waals surface area contributed by atoms with E-state index in [0.29, 0.717) is 13.0 Å². The molecule has 0 atom stereocenters. The van der Waals surface area contributed by atoms with Gasteiger partial charge in [-0.2, -0.15) is 0 Å². The first-order chi connectivity index (χ1) is 9.84. The number of hydrogen-bond acceptors (Lipinski definition) is 4. The third kappa shape index (κ3) is 5.72. The zero-order valence-corrected chi connectivity index (χ0v) is 12.0. The van der Waals surface area contributed by atoms with Gasteiger partial charge in [0.15, 0.2) is 0 Å². The maximum atomic E-state index is 11.7. The van der Waals surface area contributed by atoms with Crippen LogP contribution in [0.1, 0.15) is 24.8 Å². The Bertz CT molecular complexity index is 387. The van der Waals surface area contributed by atoms with Gasteiger partial charge in [0.2, 0.25) is 0 Å². The van der Waals surface area contributed by atoms with Crippen molar-refractivity contribution < 1.29 is 9.53 Å². The molecular formula is C16H24N2O2. The number of carbonyl (C=O) groups excluding carboxylic acids is 1. The fourth-order valence-corrected chi connectivity index (χ4v) is 2.38. The van der Waals surface area contributed by atoms with Crippen LogP contribution in [-0.2, 0) is 16.1 Å². The van der Waals surface area contributed by atoms with Gasteiger partial charge in [-0.3, -0.25) is 4.79 Å². The standard InChI is InChI=1S/C16H24N2O2/c19-16(20-14-15-6-2-1-3-7-15)8-4-11-18-12-5-9-17-10-13-18/h1-3,6-7,17H,4-5,8-14H2. The predicted octanol–water partition coefficient (Wildman–Crippen LogP) is 1.81. The SMILES string of the molecule is O=C(CCCN1CCCNCC1)OCc1ccccc1. The molecule has 1 saturated heterocycles. The molecule has 0 amide bonds. The third-order valence-corrected chi connectivity index (χ3v) is 3.53. The Labute approximate surface area is 121 Å². The van der Waals surface area contributed by atoms with Gasteiger partial charge >= 0.3 is 5.97 Å². The summed E-state index contributed by atoms with van der Waals surface area (Å²) < 4.78 is 5.27. The molecule has 0 unspecified atom stereocenters. The van der Waals surface area contributed by atoms with Crippen LogP contribution in [0, 0.1) is 0 Å². The molecule has 0 bridgehead atoms. The van der Waals surface area contributed by atoms with Crippen molar-refractivity contribution in [3.8, 4) is 0 Å². The molecule has 0 aromatic heterocycles. The van der Waals surface area contributed by atoms with Gasteiger partial charge in [-0.25, -0.2) is 0 Å². The zero-order valence-electron chi connectivity index (χ0n) is 12.0. The van der Waals surface area contributed by atoms with E-state index in [0.717, 1.165) is 44.7 Å².